The molecule has 4 heteroatoms. The maximum atomic E-state index is 13.3. The van der Waals surface area contributed by atoms with E-state index in [9.17, 15) is 4.39 Å². The van der Waals surface area contributed by atoms with E-state index in [4.69, 9.17) is 5.73 Å². The molecule has 1 aromatic heterocycles. The van der Waals surface area contributed by atoms with Crippen LogP contribution in [0.4, 0.5) is 10.1 Å². The van der Waals surface area contributed by atoms with Gasteiger partial charge in [0, 0.05) is 18.3 Å². The second-order valence-corrected chi connectivity index (χ2v) is 4.70. The highest BCUT2D eigenvalue weighted by Crippen LogP contribution is 2.26. The van der Waals surface area contributed by atoms with E-state index in [1.165, 1.54) is 12.1 Å². The van der Waals surface area contributed by atoms with Crippen LogP contribution in [0.3, 0.4) is 0 Å². The first-order valence-corrected chi connectivity index (χ1v) is 6.05. The van der Waals surface area contributed by atoms with Crippen LogP contribution >= 0.6 is 0 Å². The van der Waals surface area contributed by atoms with Crippen LogP contribution in [-0.4, -0.2) is 9.55 Å². The molecule has 0 aliphatic carbocycles. The topological polar surface area (TPSA) is 43.8 Å². The van der Waals surface area contributed by atoms with Gasteiger partial charge >= 0.3 is 0 Å². The van der Waals surface area contributed by atoms with E-state index in [2.05, 4.69) is 4.98 Å². The first kappa shape index (κ1) is 11.7. The first-order chi connectivity index (χ1) is 9.06. The van der Waals surface area contributed by atoms with Crippen molar-refractivity contribution in [2.24, 2.45) is 7.05 Å². The lowest BCUT2D eigenvalue weighted by molar-refractivity contribution is 0.629. The molecule has 19 heavy (non-hydrogen) atoms. The van der Waals surface area contributed by atoms with E-state index in [-0.39, 0.29) is 5.82 Å². The number of nitrogen functional groups attached to an aromatic ring is 1. The summed E-state index contributed by atoms with van der Waals surface area (Å²) < 4.78 is 15.2. The van der Waals surface area contributed by atoms with Crippen molar-refractivity contribution in [2.75, 3.05) is 5.73 Å². The number of nitrogens with two attached hydrogens (primary N) is 1. The summed E-state index contributed by atoms with van der Waals surface area (Å²) in [5.74, 6) is 0.526. The molecule has 0 saturated carbocycles. The summed E-state index contributed by atoms with van der Waals surface area (Å²) in [7, 11) is 1.88. The zero-order valence-electron chi connectivity index (χ0n) is 10.8. The zero-order chi connectivity index (χ0) is 13.6. The van der Waals surface area contributed by atoms with Gasteiger partial charge in [0.15, 0.2) is 0 Å². The van der Waals surface area contributed by atoms with Crippen molar-refractivity contribution in [3.8, 4) is 11.4 Å². The fourth-order valence-corrected chi connectivity index (χ4v) is 2.20. The Morgan fingerprint density at radius 2 is 1.95 bits per heavy atom. The van der Waals surface area contributed by atoms with Crippen LogP contribution in [0.2, 0.25) is 0 Å². The Hall–Kier alpha value is -2.36. The first-order valence-electron chi connectivity index (χ1n) is 6.05. The molecule has 0 unspecified atom stereocenters. The Bertz CT molecular complexity index is 774. The van der Waals surface area contributed by atoms with Crippen molar-refractivity contribution < 1.29 is 4.39 Å². The summed E-state index contributed by atoms with van der Waals surface area (Å²) in [6.07, 6.45) is 0. The van der Waals surface area contributed by atoms with Gasteiger partial charge in [0.25, 0.3) is 0 Å². The largest absolute Gasteiger partial charge is 0.398 e. The van der Waals surface area contributed by atoms with Gasteiger partial charge in [0.1, 0.15) is 11.6 Å². The number of hydrogen-bond acceptors (Lipinski definition) is 2. The molecule has 0 saturated heterocycles. The van der Waals surface area contributed by atoms with Crippen molar-refractivity contribution in [3.63, 3.8) is 0 Å². The molecule has 96 valence electrons. The number of rotatable bonds is 1. The maximum Gasteiger partial charge on any atom is 0.140 e. The number of benzene rings is 2. The predicted molar refractivity (Wildman–Crippen MR) is 75.3 cm³/mol. The third-order valence-corrected chi connectivity index (χ3v) is 3.38. The van der Waals surface area contributed by atoms with Gasteiger partial charge in [-0.15, -0.1) is 0 Å². The van der Waals surface area contributed by atoms with Gasteiger partial charge in [-0.1, -0.05) is 12.1 Å². The molecule has 3 rings (SSSR count). The number of hydrogen-bond donors (Lipinski definition) is 1. The van der Waals surface area contributed by atoms with Crippen molar-refractivity contribution in [3.05, 3.63) is 47.8 Å². The summed E-state index contributed by atoms with van der Waals surface area (Å²) in [6.45, 7) is 1.96. The van der Waals surface area contributed by atoms with Gasteiger partial charge < -0.3 is 10.3 Å². The minimum atomic E-state index is -0.259. The standard InChI is InChI=1S/C15H14FN3/c1-9-3-4-10(7-12(9)17)15-18-13-6-5-11(16)8-14(13)19(15)2/h3-8H,17H2,1-2H3. The molecule has 2 aromatic carbocycles. The molecule has 3 nitrogen and oxygen atoms in total. The smallest absolute Gasteiger partial charge is 0.140 e. The summed E-state index contributed by atoms with van der Waals surface area (Å²) in [4.78, 5) is 4.54. The van der Waals surface area contributed by atoms with Crippen molar-refractivity contribution in [2.45, 2.75) is 6.92 Å². The van der Waals surface area contributed by atoms with Gasteiger partial charge in [-0.2, -0.15) is 0 Å². The van der Waals surface area contributed by atoms with Crippen molar-refractivity contribution in [1.29, 1.82) is 0 Å². The van der Waals surface area contributed by atoms with Gasteiger partial charge in [-0.05, 0) is 36.8 Å². The molecular weight excluding hydrogens is 241 g/mol. The molecule has 0 aliphatic heterocycles. The lowest BCUT2D eigenvalue weighted by Gasteiger charge is -2.05. The van der Waals surface area contributed by atoms with Crippen LogP contribution < -0.4 is 5.73 Å². The Morgan fingerprint density at radius 1 is 1.16 bits per heavy atom. The molecule has 0 atom stereocenters. The molecule has 0 fully saturated rings. The fraction of sp³-hybridized carbons (Fsp3) is 0.133. The number of imidazole rings is 1. The van der Waals surface area contributed by atoms with Crippen molar-refractivity contribution >= 4 is 16.7 Å². The van der Waals surface area contributed by atoms with Crippen LogP contribution in [0, 0.1) is 12.7 Å². The van der Waals surface area contributed by atoms with Crippen LogP contribution in [0.5, 0.6) is 0 Å². The molecule has 0 radical (unpaired) electrons. The summed E-state index contributed by atoms with van der Waals surface area (Å²) >= 11 is 0. The van der Waals surface area contributed by atoms with Crippen LogP contribution in [-0.2, 0) is 7.05 Å². The lowest BCUT2D eigenvalue weighted by Crippen LogP contribution is -1.95. The van der Waals surface area contributed by atoms with Gasteiger partial charge in [-0.25, -0.2) is 9.37 Å². The average Bonchev–Trinajstić information content (AvgIpc) is 2.70. The van der Waals surface area contributed by atoms with E-state index < -0.39 is 0 Å². The fourth-order valence-electron chi connectivity index (χ4n) is 2.20. The number of anilines is 1. The summed E-state index contributed by atoms with van der Waals surface area (Å²) in [5.41, 5.74) is 10.2. The third kappa shape index (κ3) is 1.85. The monoisotopic (exact) mass is 255 g/mol. The number of fused-ring (bicyclic) bond motifs is 1. The average molecular weight is 255 g/mol. The molecule has 3 aromatic rings. The summed E-state index contributed by atoms with van der Waals surface area (Å²) in [5, 5.41) is 0. The Kier molecular flexibility index (Phi) is 2.52. The second kappa shape index (κ2) is 4.09. The summed E-state index contributed by atoms with van der Waals surface area (Å²) in [6, 6.07) is 10.4. The Morgan fingerprint density at radius 3 is 2.68 bits per heavy atom. The van der Waals surface area contributed by atoms with Crippen LogP contribution in [0.1, 0.15) is 5.56 Å². The normalized spacial score (nSPS) is 11.1. The molecule has 1 heterocycles. The van der Waals surface area contributed by atoms with Crippen LogP contribution in [0.15, 0.2) is 36.4 Å². The van der Waals surface area contributed by atoms with Gasteiger partial charge in [0.05, 0.1) is 11.0 Å². The Balaban J connectivity index is 2.24. The zero-order valence-corrected chi connectivity index (χ0v) is 10.8. The van der Waals surface area contributed by atoms with E-state index in [0.717, 1.165) is 33.7 Å². The van der Waals surface area contributed by atoms with Crippen molar-refractivity contribution in [1.82, 2.24) is 9.55 Å². The molecule has 0 amide bonds. The van der Waals surface area contributed by atoms with E-state index >= 15 is 0 Å². The van der Waals surface area contributed by atoms with E-state index in [1.807, 2.05) is 36.7 Å². The van der Waals surface area contributed by atoms with Gasteiger partial charge in [0.2, 0.25) is 0 Å². The molecule has 0 spiro atoms. The number of nitrogens with zero attached hydrogens (tertiary/aromatic N) is 2. The maximum absolute atomic E-state index is 13.3. The number of aromatic nitrogens is 2. The lowest BCUT2D eigenvalue weighted by atomic mass is 10.1. The molecule has 0 bridgehead atoms. The minimum Gasteiger partial charge on any atom is -0.398 e. The SMILES string of the molecule is Cc1ccc(-c2nc3ccc(F)cc3n2C)cc1N. The van der Waals surface area contributed by atoms with E-state index in [1.54, 1.807) is 6.07 Å². The Labute approximate surface area is 110 Å². The van der Waals surface area contributed by atoms with Crippen LogP contribution in [0.25, 0.3) is 22.4 Å². The highest BCUT2D eigenvalue weighted by atomic mass is 19.1. The highest BCUT2D eigenvalue weighted by Gasteiger charge is 2.11. The molecule has 0 aliphatic rings. The third-order valence-electron chi connectivity index (χ3n) is 3.38. The number of halogens is 1. The highest BCUT2D eigenvalue weighted by molar-refractivity contribution is 5.81. The second-order valence-electron chi connectivity index (χ2n) is 4.70. The molecular formula is C15H14FN3. The quantitative estimate of drug-likeness (QED) is 0.678. The minimum absolute atomic E-state index is 0.259. The predicted octanol–water partition coefficient (Wildman–Crippen LogP) is 3.27. The van der Waals surface area contributed by atoms with E-state index in [0.29, 0.717) is 0 Å². The molecule has 2 N–H and O–H groups in total. The van der Waals surface area contributed by atoms with Gasteiger partial charge in [-0.3, -0.25) is 0 Å². The number of aryl methyl sites for hydroxylation is 2.